The van der Waals surface area contributed by atoms with E-state index in [2.05, 4.69) is 0 Å². The second kappa shape index (κ2) is 5.61. The number of rotatable bonds is 3. The molecular weight excluding hydrogens is 247 g/mol. The molecule has 0 aliphatic carbocycles. The minimum Gasteiger partial charge on any atom is -0.312 e. The molecule has 5 heteroatoms. The number of hydrogen-bond donors (Lipinski definition) is 0. The largest absolute Gasteiger partial charge is 0.312 e. The molecule has 4 nitrogen and oxygen atoms in total. The van der Waals surface area contributed by atoms with E-state index < -0.39 is 11.7 Å². The lowest BCUT2D eigenvalue weighted by Gasteiger charge is -2.31. The average molecular weight is 260 g/mol. The molecule has 0 saturated carbocycles. The van der Waals surface area contributed by atoms with Crippen molar-refractivity contribution in [2.24, 2.45) is 5.92 Å². The molecule has 1 heterocycles. The second-order valence-corrected chi connectivity index (χ2v) is 4.47. The van der Waals surface area contributed by atoms with E-state index in [0.717, 1.165) is 0 Å². The first-order chi connectivity index (χ1) is 9.13. The molecule has 1 atom stereocenters. The molecule has 0 radical (unpaired) electrons. The van der Waals surface area contributed by atoms with Crippen molar-refractivity contribution in [3.63, 3.8) is 0 Å². The summed E-state index contributed by atoms with van der Waals surface area (Å²) in [6, 6.07) is 7.51. The lowest BCUT2D eigenvalue weighted by Crippen LogP contribution is -2.44. The standard InChI is InChI=1S/C14H13FN2O2/c15-10-3-1-4-11(9-10)17-8-2-5-12(14(17)19)13(18)6-7-16/h1,3-4,9,12H,2,5-6,8H2/t12-/m1/s1. The van der Waals surface area contributed by atoms with E-state index in [9.17, 15) is 14.0 Å². The van der Waals surface area contributed by atoms with Gasteiger partial charge in [-0.1, -0.05) is 6.07 Å². The zero-order valence-electron chi connectivity index (χ0n) is 10.3. The van der Waals surface area contributed by atoms with Crippen LogP contribution in [0.5, 0.6) is 0 Å². The van der Waals surface area contributed by atoms with Crippen molar-refractivity contribution in [1.29, 1.82) is 5.26 Å². The normalized spacial score (nSPS) is 19.1. The Labute approximate surface area is 110 Å². The van der Waals surface area contributed by atoms with Gasteiger partial charge in [-0.3, -0.25) is 9.59 Å². The summed E-state index contributed by atoms with van der Waals surface area (Å²) in [4.78, 5) is 25.4. The monoisotopic (exact) mass is 260 g/mol. The molecule has 98 valence electrons. The maximum Gasteiger partial charge on any atom is 0.237 e. The first-order valence-electron chi connectivity index (χ1n) is 6.10. The zero-order valence-corrected chi connectivity index (χ0v) is 10.3. The molecule has 1 amide bonds. The van der Waals surface area contributed by atoms with Gasteiger partial charge in [0.15, 0.2) is 5.78 Å². The Hall–Kier alpha value is -2.22. The molecule has 0 unspecified atom stereocenters. The van der Waals surface area contributed by atoms with E-state index in [0.29, 0.717) is 25.1 Å². The first kappa shape index (κ1) is 13.2. The van der Waals surface area contributed by atoms with Crippen molar-refractivity contribution in [3.8, 4) is 6.07 Å². The minimum absolute atomic E-state index is 0.257. The van der Waals surface area contributed by atoms with Crippen LogP contribution in [0.2, 0.25) is 0 Å². The van der Waals surface area contributed by atoms with Crippen molar-refractivity contribution < 1.29 is 14.0 Å². The van der Waals surface area contributed by atoms with Crippen LogP contribution in [0.25, 0.3) is 0 Å². The second-order valence-electron chi connectivity index (χ2n) is 4.47. The molecule has 1 aliphatic rings. The number of carbonyl (C=O) groups is 2. The van der Waals surface area contributed by atoms with Crippen molar-refractivity contribution >= 4 is 17.4 Å². The van der Waals surface area contributed by atoms with Crippen molar-refractivity contribution in [2.75, 3.05) is 11.4 Å². The molecule has 0 aromatic heterocycles. The minimum atomic E-state index is -0.767. The third-order valence-corrected chi connectivity index (χ3v) is 3.20. The van der Waals surface area contributed by atoms with Crippen LogP contribution in [0, 0.1) is 23.1 Å². The number of nitrogens with zero attached hydrogens (tertiary/aromatic N) is 2. The Kier molecular flexibility index (Phi) is 3.91. The fourth-order valence-corrected chi connectivity index (χ4v) is 2.28. The van der Waals surface area contributed by atoms with E-state index in [1.54, 1.807) is 12.1 Å². The van der Waals surface area contributed by atoms with E-state index in [4.69, 9.17) is 5.26 Å². The smallest absolute Gasteiger partial charge is 0.237 e. The highest BCUT2D eigenvalue weighted by Gasteiger charge is 2.34. The van der Waals surface area contributed by atoms with Crippen LogP contribution in [0.3, 0.4) is 0 Å². The number of amides is 1. The summed E-state index contributed by atoms with van der Waals surface area (Å²) < 4.78 is 13.2. The number of anilines is 1. The van der Waals surface area contributed by atoms with Gasteiger partial charge in [0.2, 0.25) is 5.91 Å². The van der Waals surface area contributed by atoms with Gasteiger partial charge in [0.1, 0.15) is 5.82 Å². The molecule has 0 spiro atoms. The summed E-state index contributed by atoms with van der Waals surface area (Å²) in [5.74, 6) is -1.88. The van der Waals surface area contributed by atoms with Gasteiger partial charge < -0.3 is 4.90 Å². The van der Waals surface area contributed by atoms with Gasteiger partial charge in [-0.15, -0.1) is 0 Å². The lowest BCUT2D eigenvalue weighted by molar-refractivity contribution is -0.133. The van der Waals surface area contributed by atoms with Gasteiger partial charge in [-0.25, -0.2) is 4.39 Å². The van der Waals surface area contributed by atoms with Gasteiger partial charge in [0.05, 0.1) is 18.4 Å². The van der Waals surface area contributed by atoms with E-state index in [1.807, 2.05) is 0 Å². The van der Waals surface area contributed by atoms with Crippen LogP contribution < -0.4 is 4.90 Å². The summed E-state index contributed by atoms with van der Waals surface area (Å²) in [7, 11) is 0. The number of Topliss-reactive ketones (excluding diaryl/α,β-unsaturated/α-hetero) is 1. The van der Waals surface area contributed by atoms with Crippen LogP contribution in [0.4, 0.5) is 10.1 Å². The molecule has 19 heavy (non-hydrogen) atoms. The van der Waals surface area contributed by atoms with E-state index >= 15 is 0 Å². The maximum atomic E-state index is 13.2. The highest BCUT2D eigenvalue weighted by Crippen LogP contribution is 2.26. The summed E-state index contributed by atoms with van der Waals surface area (Å²) in [5.41, 5.74) is 0.458. The maximum absolute atomic E-state index is 13.2. The fraction of sp³-hybridized carbons (Fsp3) is 0.357. The summed E-state index contributed by atoms with van der Waals surface area (Å²) in [5, 5.41) is 8.53. The Morgan fingerprint density at radius 3 is 3.00 bits per heavy atom. The molecule has 1 aliphatic heterocycles. The lowest BCUT2D eigenvalue weighted by atomic mass is 9.91. The van der Waals surface area contributed by atoms with Gasteiger partial charge in [-0.2, -0.15) is 5.26 Å². The number of ketones is 1. The predicted molar refractivity (Wildman–Crippen MR) is 66.7 cm³/mol. The summed E-state index contributed by atoms with van der Waals surface area (Å²) in [6.45, 7) is 0.471. The SMILES string of the molecule is N#CCC(=O)[C@H]1CCCN(c2cccc(F)c2)C1=O. The van der Waals surface area contributed by atoms with Gasteiger partial charge in [0, 0.05) is 12.2 Å². The van der Waals surface area contributed by atoms with E-state index in [1.165, 1.54) is 23.1 Å². The number of halogens is 1. The van der Waals surface area contributed by atoms with Crippen molar-refractivity contribution in [3.05, 3.63) is 30.1 Å². The van der Waals surface area contributed by atoms with Gasteiger partial charge in [-0.05, 0) is 31.0 Å². The Balaban J connectivity index is 2.21. The van der Waals surface area contributed by atoms with Crippen LogP contribution in [-0.4, -0.2) is 18.2 Å². The number of nitriles is 1. The Morgan fingerprint density at radius 2 is 2.32 bits per heavy atom. The molecule has 1 aromatic rings. The Morgan fingerprint density at radius 1 is 1.53 bits per heavy atom. The van der Waals surface area contributed by atoms with Crippen LogP contribution in [0.15, 0.2) is 24.3 Å². The number of piperidine rings is 1. The highest BCUT2D eigenvalue weighted by atomic mass is 19.1. The van der Waals surface area contributed by atoms with Crippen LogP contribution in [0.1, 0.15) is 19.3 Å². The highest BCUT2D eigenvalue weighted by molar-refractivity contribution is 6.09. The third kappa shape index (κ3) is 2.79. The number of benzene rings is 1. The first-order valence-corrected chi connectivity index (χ1v) is 6.10. The molecular formula is C14H13FN2O2. The molecule has 2 rings (SSSR count). The predicted octanol–water partition coefficient (Wildman–Crippen LogP) is 2.05. The average Bonchev–Trinajstić information content (AvgIpc) is 2.39. The quantitative estimate of drug-likeness (QED) is 0.781. The zero-order chi connectivity index (χ0) is 13.8. The summed E-state index contributed by atoms with van der Waals surface area (Å²) in [6.07, 6.45) is 0.878. The molecule has 0 N–H and O–H groups in total. The van der Waals surface area contributed by atoms with E-state index in [-0.39, 0.29) is 18.1 Å². The third-order valence-electron chi connectivity index (χ3n) is 3.20. The van der Waals surface area contributed by atoms with Gasteiger partial charge in [0.25, 0.3) is 0 Å². The van der Waals surface area contributed by atoms with Gasteiger partial charge >= 0.3 is 0 Å². The fourth-order valence-electron chi connectivity index (χ4n) is 2.28. The molecule has 1 saturated heterocycles. The van der Waals surface area contributed by atoms with Crippen LogP contribution >= 0.6 is 0 Å². The van der Waals surface area contributed by atoms with Crippen molar-refractivity contribution in [1.82, 2.24) is 0 Å². The van der Waals surface area contributed by atoms with Crippen LogP contribution in [-0.2, 0) is 9.59 Å². The topological polar surface area (TPSA) is 61.2 Å². The Bertz CT molecular complexity index is 551. The van der Waals surface area contributed by atoms with Crippen molar-refractivity contribution in [2.45, 2.75) is 19.3 Å². The number of hydrogen-bond acceptors (Lipinski definition) is 3. The molecule has 0 bridgehead atoms. The summed E-state index contributed by atoms with van der Waals surface area (Å²) >= 11 is 0. The molecule has 1 aromatic carbocycles. The number of carbonyl (C=O) groups excluding carboxylic acids is 2. The molecule has 1 fully saturated rings.